The Morgan fingerprint density at radius 2 is 1.86 bits per heavy atom. The lowest BCUT2D eigenvalue weighted by molar-refractivity contribution is -0.154. The van der Waals surface area contributed by atoms with E-state index in [1.807, 2.05) is 7.05 Å². The van der Waals surface area contributed by atoms with E-state index in [2.05, 4.69) is 10.2 Å². The Kier molecular flexibility index (Phi) is 3.73. The van der Waals surface area contributed by atoms with Crippen molar-refractivity contribution in [2.45, 2.75) is 51.0 Å². The van der Waals surface area contributed by atoms with Gasteiger partial charge in [-0.15, -0.1) is 0 Å². The molecule has 0 aromatic carbocycles. The van der Waals surface area contributed by atoms with Gasteiger partial charge in [-0.05, 0) is 39.3 Å². The minimum atomic E-state index is -0.983. The van der Waals surface area contributed by atoms with Crippen molar-refractivity contribution in [3.05, 3.63) is 0 Å². The second-order valence-electron chi connectivity index (χ2n) is 6.59. The zero-order valence-electron chi connectivity index (χ0n) is 12.6. The molecule has 1 unspecified atom stereocenters. The molecule has 0 aromatic rings. The molecule has 1 N–H and O–H groups in total. The van der Waals surface area contributed by atoms with Crippen LogP contribution >= 0.6 is 0 Å². The van der Waals surface area contributed by atoms with Crippen LogP contribution in [0.5, 0.6) is 0 Å². The fraction of sp³-hybridized carbons (Fsp3) is 0.800. The number of hydrogen-bond acceptors (Lipinski definition) is 4. The summed E-state index contributed by atoms with van der Waals surface area (Å²) in [5.74, 6) is -0.649. The largest absolute Gasteiger partial charge is 0.330 e. The van der Waals surface area contributed by atoms with E-state index in [1.165, 1.54) is 4.90 Å². The average Bonchev–Trinajstić information content (AvgIpc) is 2.88. The molecule has 6 heteroatoms. The number of carbonyl (C=O) groups excluding carboxylic acids is 3. The minimum absolute atomic E-state index is 0.216. The first-order valence-electron chi connectivity index (χ1n) is 7.92. The number of urea groups is 1. The van der Waals surface area contributed by atoms with E-state index in [0.717, 1.165) is 38.6 Å². The van der Waals surface area contributed by atoms with Crippen molar-refractivity contribution in [2.24, 2.45) is 5.41 Å². The predicted octanol–water partition coefficient (Wildman–Crippen LogP) is 1.11. The molecule has 6 nitrogen and oxygen atoms in total. The molecule has 3 aliphatic rings. The predicted molar refractivity (Wildman–Crippen MR) is 76.4 cm³/mol. The maximum absolute atomic E-state index is 12.8. The summed E-state index contributed by atoms with van der Waals surface area (Å²) >= 11 is 0. The Morgan fingerprint density at radius 1 is 1.14 bits per heavy atom. The highest BCUT2D eigenvalue weighted by atomic mass is 16.2. The Bertz CT molecular complexity index is 471. The summed E-state index contributed by atoms with van der Waals surface area (Å²) in [6.07, 6.45) is 6.05. The maximum atomic E-state index is 12.8. The molecule has 2 aliphatic heterocycles. The summed E-state index contributed by atoms with van der Waals surface area (Å²) < 4.78 is 0. The molecule has 0 bridgehead atoms. The molecule has 116 valence electrons. The molecule has 1 aliphatic carbocycles. The first kappa shape index (κ1) is 14.5. The lowest BCUT2D eigenvalue weighted by atomic mass is 9.71. The molecule has 1 saturated carbocycles. The third-order valence-electron chi connectivity index (χ3n) is 5.33. The number of nitrogens with one attached hydrogen (secondary N) is 1. The Labute approximate surface area is 124 Å². The molecular formula is C15H23N3O3. The number of nitrogens with zero attached hydrogens (tertiary/aromatic N) is 2. The molecule has 2 heterocycles. The van der Waals surface area contributed by atoms with E-state index >= 15 is 0 Å². The van der Waals surface area contributed by atoms with Crippen LogP contribution < -0.4 is 5.32 Å². The van der Waals surface area contributed by atoms with Crippen molar-refractivity contribution >= 4 is 17.8 Å². The van der Waals surface area contributed by atoms with E-state index in [4.69, 9.17) is 0 Å². The lowest BCUT2D eigenvalue weighted by Gasteiger charge is -2.42. The van der Waals surface area contributed by atoms with E-state index < -0.39 is 11.4 Å². The second-order valence-corrected chi connectivity index (χ2v) is 6.59. The molecule has 1 atom stereocenters. The van der Waals surface area contributed by atoms with Crippen LogP contribution in [0.15, 0.2) is 0 Å². The minimum Gasteiger partial charge on any atom is -0.302 e. The highest BCUT2D eigenvalue weighted by Crippen LogP contribution is 2.40. The van der Waals surface area contributed by atoms with Gasteiger partial charge in [0, 0.05) is 12.6 Å². The van der Waals surface area contributed by atoms with Gasteiger partial charge in [0.2, 0.25) is 11.8 Å². The smallest absolute Gasteiger partial charge is 0.302 e. The lowest BCUT2D eigenvalue weighted by Crippen LogP contribution is -2.65. The van der Waals surface area contributed by atoms with Crippen molar-refractivity contribution in [2.75, 3.05) is 20.1 Å². The van der Waals surface area contributed by atoms with Gasteiger partial charge in [0.25, 0.3) is 0 Å². The third-order valence-corrected chi connectivity index (χ3v) is 5.33. The molecular weight excluding hydrogens is 270 g/mol. The monoisotopic (exact) mass is 293 g/mol. The van der Waals surface area contributed by atoms with Crippen LogP contribution in [0.1, 0.15) is 44.9 Å². The van der Waals surface area contributed by atoms with Crippen LogP contribution in [0.2, 0.25) is 0 Å². The molecule has 0 aromatic heterocycles. The van der Waals surface area contributed by atoms with E-state index in [9.17, 15) is 14.4 Å². The maximum Gasteiger partial charge on any atom is 0.330 e. The topological polar surface area (TPSA) is 69.7 Å². The summed E-state index contributed by atoms with van der Waals surface area (Å²) in [5, 5.41) is 2.42. The van der Waals surface area contributed by atoms with Crippen molar-refractivity contribution in [3.63, 3.8) is 0 Å². The van der Waals surface area contributed by atoms with E-state index in [0.29, 0.717) is 19.4 Å². The normalized spacial score (nSPS) is 30.0. The number of amides is 4. The SMILES string of the molecule is CN1CCCC1CN1C(=O)NC(=O)C2(CCCCC2)C1=O. The first-order chi connectivity index (χ1) is 10.0. The van der Waals surface area contributed by atoms with Crippen LogP contribution in [-0.4, -0.2) is 53.8 Å². The van der Waals surface area contributed by atoms with Crippen molar-refractivity contribution < 1.29 is 14.4 Å². The zero-order valence-corrected chi connectivity index (χ0v) is 12.6. The average molecular weight is 293 g/mol. The quantitative estimate of drug-likeness (QED) is 0.774. The van der Waals surface area contributed by atoms with Crippen LogP contribution in [0.3, 0.4) is 0 Å². The number of likely N-dealkylation sites (N-methyl/N-ethyl adjacent to an activating group) is 1. The molecule has 3 rings (SSSR count). The molecule has 0 radical (unpaired) electrons. The van der Waals surface area contributed by atoms with Crippen molar-refractivity contribution in [3.8, 4) is 0 Å². The van der Waals surface area contributed by atoms with Gasteiger partial charge >= 0.3 is 6.03 Å². The molecule has 3 fully saturated rings. The van der Waals surface area contributed by atoms with Crippen LogP contribution in [0, 0.1) is 5.41 Å². The molecule has 1 spiro atoms. The van der Waals surface area contributed by atoms with Gasteiger partial charge in [-0.25, -0.2) is 4.79 Å². The van der Waals surface area contributed by atoms with Crippen LogP contribution in [0.25, 0.3) is 0 Å². The summed E-state index contributed by atoms with van der Waals surface area (Å²) in [4.78, 5) is 40.7. The van der Waals surface area contributed by atoms with Gasteiger partial charge in [0.1, 0.15) is 5.41 Å². The van der Waals surface area contributed by atoms with Gasteiger partial charge in [0.15, 0.2) is 0 Å². The summed E-state index contributed by atoms with van der Waals surface area (Å²) in [5.41, 5.74) is -0.983. The van der Waals surface area contributed by atoms with E-state index in [-0.39, 0.29) is 17.9 Å². The third kappa shape index (κ3) is 2.35. The fourth-order valence-electron chi connectivity index (χ4n) is 3.91. The summed E-state index contributed by atoms with van der Waals surface area (Å²) in [7, 11) is 2.02. The van der Waals surface area contributed by atoms with Gasteiger partial charge in [0.05, 0.1) is 0 Å². The highest BCUT2D eigenvalue weighted by molar-refractivity contribution is 6.19. The van der Waals surface area contributed by atoms with Gasteiger partial charge in [-0.1, -0.05) is 19.3 Å². The molecule has 21 heavy (non-hydrogen) atoms. The van der Waals surface area contributed by atoms with Crippen LogP contribution in [0.4, 0.5) is 4.79 Å². The first-order valence-corrected chi connectivity index (χ1v) is 7.92. The number of likely N-dealkylation sites (tertiary alicyclic amines) is 1. The number of rotatable bonds is 2. The molecule has 2 saturated heterocycles. The summed E-state index contributed by atoms with van der Waals surface area (Å²) in [6, 6.07) is -0.324. The number of barbiturate groups is 1. The Hall–Kier alpha value is -1.43. The highest BCUT2D eigenvalue weighted by Gasteiger charge is 2.54. The van der Waals surface area contributed by atoms with Gasteiger partial charge in [-0.3, -0.25) is 19.8 Å². The summed E-state index contributed by atoms with van der Waals surface area (Å²) in [6.45, 7) is 1.40. The standard InChI is InChI=1S/C15H23N3O3/c1-17-9-5-6-11(17)10-18-13(20)15(7-3-2-4-8-15)12(19)16-14(18)21/h11H,2-10H2,1H3,(H,16,19,21). The molecule has 4 amide bonds. The van der Waals surface area contributed by atoms with Crippen LogP contribution in [-0.2, 0) is 9.59 Å². The van der Waals surface area contributed by atoms with Crippen molar-refractivity contribution in [1.29, 1.82) is 0 Å². The Morgan fingerprint density at radius 3 is 2.48 bits per heavy atom. The number of carbonyl (C=O) groups is 3. The fourth-order valence-corrected chi connectivity index (χ4v) is 3.91. The zero-order chi connectivity index (χ0) is 15.0. The van der Waals surface area contributed by atoms with Gasteiger partial charge < -0.3 is 4.90 Å². The van der Waals surface area contributed by atoms with Gasteiger partial charge in [-0.2, -0.15) is 0 Å². The Balaban J connectivity index is 1.81. The van der Waals surface area contributed by atoms with Crippen molar-refractivity contribution in [1.82, 2.24) is 15.1 Å². The number of hydrogen-bond donors (Lipinski definition) is 1. The number of imide groups is 2. The second kappa shape index (κ2) is 5.40. The van der Waals surface area contributed by atoms with E-state index in [1.54, 1.807) is 0 Å².